The number of hydrogen-bond acceptors (Lipinski definition) is 2. The molecule has 0 heterocycles. The molecule has 6 heteroatoms. The van der Waals surface area contributed by atoms with Crippen LogP contribution in [0, 0.1) is 5.82 Å². The number of rotatable bonds is 4. The van der Waals surface area contributed by atoms with Crippen molar-refractivity contribution in [1.82, 2.24) is 0 Å². The fourth-order valence-electron chi connectivity index (χ4n) is 2.12. The quantitative estimate of drug-likeness (QED) is 0.497. The number of benzene rings is 3. The van der Waals surface area contributed by atoms with Crippen LogP contribution in [0.15, 0.2) is 66.7 Å². The Bertz CT molecular complexity index is 914. The largest absolute Gasteiger partial charge is 0.456 e. The van der Waals surface area contributed by atoms with Crippen molar-refractivity contribution < 1.29 is 13.9 Å². The van der Waals surface area contributed by atoms with Gasteiger partial charge in [-0.2, -0.15) is 0 Å². The highest BCUT2D eigenvalue weighted by molar-refractivity contribution is 6.32. The van der Waals surface area contributed by atoms with Crippen LogP contribution >= 0.6 is 23.2 Å². The Hall–Kier alpha value is -2.56. The molecule has 0 saturated heterocycles. The van der Waals surface area contributed by atoms with E-state index < -0.39 is 11.7 Å². The van der Waals surface area contributed by atoms with E-state index >= 15 is 0 Å². The van der Waals surface area contributed by atoms with E-state index in [0.29, 0.717) is 27.2 Å². The van der Waals surface area contributed by atoms with E-state index in [1.54, 1.807) is 42.5 Å². The zero-order valence-electron chi connectivity index (χ0n) is 14.8. The maximum atomic E-state index is 13.2. The molecule has 0 aliphatic rings. The zero-order valence-corrected chi connectivity index (χ0v) is 16.3. The van der Waals surface area contributed by atoms with Crippen molar-refractivity contribution in [2.45, 2.75) is 13.8 Å². The Morgan fingerprint density at radius 1 is 0.963 bits per heavy atom. The van der Waals surface area contributed by atoms with Crippen molar-refractivity contribution in [3.05, 3.63) is 88.2 Å². The molecule has 27 heavy (non-hydrogen) atoms. The van der Waals surface area contributed by atoms with Crippen LogP contribution in [0.25, 0.3) is 0 Å². The summed E-state index contributed by atoms with van der Waals surface area (Å²) >= 11 is 12.0. The third kappa shape index (κ3) is 5.98. The number of halogens is 3. The second-order valence-electron chi connectivity index (χ2n) is 5.17. The molecule has 0 saturated carbocycles. The normalized spacial score (nSPS) is 9.81. The van der Waals surface area contributed by atoms with E-state index in [2.05, 4.69) is 5.32 Å². The lowest BCUT2D eigenvalue weighted by Crippen LogP contribution is -2.12. The van der Waals surface area contributed by atoms with Crippen LogP contribution in [0.4, 0.5) is 10.1 Å². The second-order valence-corrected chi connectivity index (χ2v) is 6.01. The van der Waals surface area contributed by atoms with Crippen LogP contribution in [-0.4, -0.2) is 5.91 Å². The molecule has 0 radical (unpaired) electrons. The maximum absolute atomic E-state index is 13.2. The Balaban J connectivity index is 0.00000126. The number of hydrogen-bond donors (Lipinski definition) is 1. The predicted molar refractivity (Wildman–Crippen MR) is 109 cm³/mol. The van der Waals surface area contributed by atoms with Crippen molar-refractivity contribution in [3.63, 3.8) is 0 Å². The van der Waals surface area contributed by atoms with Crippen molar-refractivity contribution in [3.8, 4) is 11.5 Å². The Morgan fingerprint density at radius 3 is 2.30 bits per heavy atom. The minimum absolute atomic E-state index is 0.220. The fraction of sp³-hybridized carbons (Fsp3) is 0.0952. The summed E-state index contributed by atoms with van der Waals surface area (Å²) in [6, 6.07) is 17.1. The van der Waals surface area contributed by atoms with E-state index in [9.17, 15) is 9.18 Å². The molecule has 0 spiro atoms. The van der Waals surface area contributed by atoms with Crippen molar-refractivity contribution in [2.75, 3.05) is 5.32 Å². The number of nitrogens with one attached hydrogen (secondary N) is 1. The van der Waals surface area contributed by atoms with Gasteiger partial charge in [-0.05, 0) is 60.7 Å². The molecule has 0 aromatic heterocycles. The van der Waals surface area contributed by atoms with Crippen LogP contribution < -0.4 is 10.1 Å². The lowest BCUT2D eigenvalue weighted by Gasteiger charge is -2.10. The van der Waals surface area contributed by atoms with Crippen LogP contribution in [0.2, 0.25) is 10.0 Å². The average molecular weight is 406 g/mol. The summed E-state index contributed by atoms with van der Waals surface area (Å²) < 4.78 is 18.9. The van der Waals surface area contributed by atoms with Gasteiger partial charge in [-0.25, -0.2) is 4.39 Å². The topological polar surface area (TPSA) is 38.3 Å². The number of anilines is 1. The lowest BCUT2D eigenvalue weighted by molar-refractivity contribution is 0.102. The Kier molecular flexibility index (Phi) is 7.65. The van der Waals surface area contributed by atoms with Gasteiger partial charge in [0.1, 0.15) is 17.3 Å². The molecule has 0 atom stereocenters. The fourth-order valence-corrected chi connectivity index (χ4v) is 2.47. The first kappa shape index (κ1) is 20.7. The number of carbonyl (C=O) groups is 1. The Labute approximate surface area is 167 Å². The summed E-state index contributed by atoms with van der Waals surface area (Å²) in [5.74, 6) is 0.120. The minimum Gasteiger partial charge on any atom is -0.456 e. The van der Waals surface area contributed by atoms with Crippen LogP contribution in [0.1, 0.15) is 24.2 Å². The molecule has 0 fully saturated rings. The molecule has 0 aliphatic carbocycles. The molecule has 1 N–H and O–H groups in total. The van der Waals surface area contributed by atoms with Gasteiger partial charge in [0.15, 0.2) is 0 Å². The smallest absolute Gasteiger partial charge is 0.255 e. The van der Waals surface area contributed by atoms with Gasteiger partial charge < -0.3 is 10.1 Å². The first-order valence-electron chi connectivity index (χ1n) is 8.31. The van der Waals surface area contributed by atoms with Gasteiger partial charge in [0, 0.05) is 16.3 Å². The molecule has 3 aromatic rings. The Morgan fingerprint density at radius 2 is 1.67 bits per heavy atom. The summed E-state index contributed by atoms with van der Waals surface area (Å²) in [4.78, 5) is 12.1. The highest BCUT2D eigenvalue weighted by atomic mass is 35.5. The van der Waals surface area contributed by atoms with Gasteiger partial charge in [0.25, 0.3) is 5.91 Å². The lowest BCUT2D eigenvalue weighted by atomic mass is 10.2. The zero-order chi connectivity index (χ0) is 19.8. The molecule has 0 aliphatic heterocycles. The highest BCUT2D eigenvalue weighted by Crippen LogP contribution is 2.32. The van der Waals surface area contributed by atoms with E-state index in [-0.39, 0.29) is 5.56 Å². The van der Waals surface area contributed by atoms with E-state index in [1.165, 1.54) is 18.2 Å². The second kappa shape index (κ2) is 9.95. The van der Waals surface area contributed by atoms with Gasteiger partial charge in [-0.3, -0.25) is 4.79 Å². The van der Waals surface area contributed by atoms with Crippen molar-refractivity contribution in [2.24, 2.45) is 0 Å². The van der Waals surface area contributed by atoms with Gasteiger partial charge in [-0.15, -0.1) is 0 Å². The van der Waals surface area contributed by atoms with Crippen molar-refractivity contribution >= 4 is 34.8 Å². The third-order valence-corrected chi connectivity index (χ3v) is 3.87. The van der Waals surface area contributed by atoms with E-state index in [4.69, 9.17) is 27.9 Å². The first-order chi connectivity index (χ1) is 13.0. The minimum atomic E-state index is -0.475. The SMILES string of the molecule is CC.O=C(Nc1ccc(Oc2ccc(Cl)cc2)c(Cl)c1)c1cccc(F)c1. The molecule has 3 nitrogen and oxygen atoms in total. The van der Waals surface area contributed by atoms with Gasteiger partial charge in [-0.1, -0.05) is 43.1 Å². The molecular weight excluding hydrogens is 388 g/mol. The monoisotopic (exact) mass is 405 g/mol. The first-order valence-corrected chi connectivity index (χ1v) is 9.07. The van der Waals surface area contributed by atoms with Crippen LogP contribution in [0.3, 0.4) is 0 Å². The van der Waals surface area contributed by atoms with E-state index in [1.807, 2.05) is 13.8 Å². The van der Waals surface area contributed by atoms with Crippen LogP contribution in [-0.2, 0) is 0 Å². The van der Waals surface area contributed by atoms with Gasteiger partial charge in [0.05, 0.1) is 5.02 Å². The summed E-state index contributed by atoms with van der Waals surface area (Å²) in [5, 5.41) is 3.59. The number of carbonyl (C=O) groups excluding carboxylic acids is 1. The molecular formula is C21H18Cl2FNO2. The summed E-state index contributed by atoms with van der Waals surface area (Å²) in [6.45, 7) is 4.00. The molecule has 0 unspecified atom stereocenters. The van der Waals surface area contributed by atoms with Crippen molar-refractivity contribution in [1.29, 1.82) is 0 Å². The number of ether oxygens (including phenoxy) is 1. The van der Waals surface area contributed by atoms with E-state index in [0.717, 1.165) is 6.07 Å². The van der Waals surface area contributed by atoms with Gasteiger partial charge in [0.2, 0.25) is 0 Å². The number of amides is 1. The summed E-state index contributed by atoms with van der Waals surface area (Å²) in [7, 11) is 0. The van der Waals surface area contributed by atoms with Gasteiger partial charge >= 0.3 is 0 Å². The summed E-state index contributed by atoms with van der Waals surface area (Å²) in [5.41, 5.74) is 0.695. The molecule has 3 rings (SSSR count). The summed E-state index contributed by atoms with van der Waals surface area (Å²) in [6.07, 6.45) is 0. The molecule has 0 bridgehead atoms. The average Bonchev–Trinajstić information content (AvgIpc) is 2.67. The van der Waals surface area contributed by atoms with Crippen LogP contribution in [0.5, 0.6) is 11.5 Å². The molecule has 140 valence electrons. The molecule has 1 amide bonds. The maximum Gasteiger partial charge on any atom is 0.255 e. The predicted octanol–water partition coefficient (Wildman–Crippen LogP) is 7.20. The standard InChI is InChI=1S/C19H12Cl2FNO2.C2H6/c20-13-4-7-16(8-5-13)25-18-9-6-15(11-17(18)21)23-19(24)12-2-1-3-14(22)10-12;1-2/h1-11H,(H,23,24);1-2H3. The molecule has 3 aromatic carbocycles. The highest BCUT2D eigenvalue weighted by Gasteiger charge is 2.10. The third-order valence-electron chi connectivity index (χ3n) is 3.32.